The fourth-order valence-corrected chi connectivity index (χ4v) is 1.82. The van der Waals surface area contributed by atoms with Gasteiger partial charge in [0.05, 0.1) is 0 Å². The van der Waals surface area contributed by atoms with Crippen LogP contribution in [-0.2, 0) is 0 Å². The first kappa shape index (κ1) is 15.1. The van der Waals surface area contributed by atoms with Crippen molar-refractivity contribution in [3.05, 3.63) is 35.4 Å². The molecule has 1 rings (SSSR count). The van der Waals surface area contributed by atoms with Crippen molar-refractivity contribution >= 4 is 0 Å². The zero-order valence-electron chi connectivity index (χ0n) is 11.8. The minimum Gasteiger partial charge on any atom is -0.312 e. The van der Waals surface area contributed by atoms with Crippen LogP contribution in [0, 0.1) is 17.6 Å². The van der Waals surface area contributed by atoms with Crippen LogP contribution >= 0.6 is 0 Å². The van der Waals surface area contributed by atoms with Crippen molar-refractivity contribution in [2.75, 3.05) is 6.54 Å². The van der Waals surface area contributed by atoms with Crippen LogP contribution in [0.25, 0.3) is 0 Å². The van der Waals surface area contributed by atoms with E-state index in [0.29, 0.717) is 5.56 Å². The Labute approximate surface area is 109 Å². The van der Waals surface area contributed by atoms with E-state index in [0.717, 1.165) is 12.6 Å². The summed E-state index contributed by atoms with van der Waals surface area (Å²) >= 11 is 0. The smallest absolute Gasteiger partial charge is 0.129 e. The van der Waals surface area contributed by atoms with Gasteiger partial charge in [-0.1, -0.05) is 19.9 Å². The number of nitrogens with one attached hydrogen (secondary N) is 1. The largest absolute Gasteiger partial charge is 0.312 e. The Balaban J connectivity index is 2.71. The quantitative estimate of drug-likeness (QED) is 0.854. The summed E-state index contributed by atoms with van der Waals surface area (Å²) in [5.74, 6) is -0.640. The highest BCUT2D eigenvalue weighted by atomic mass is 19.1. The molecule has 0 bridgehead atoms. The van der Waals surface area contributed by atoms with E-state index in [-0.39, 0.29) is 17.4 Å². The molecule has 0 saturated carbocycles. The second-order valence-corrected chi connectivity index (χ2v) is 6.06. The van der Waals surface area contributed by atoms with Crippen LogP contribution in [0.5, 0.6) is 0 Å². The van der Waals surface area contributed by atoms with Crippen molar-refractivity contribution in [3.63, 3.8) is 0 Å². The van der Waals surface area contributed by atoms with Crippen molar-refractivity contribution in [2.45, 2.75) is 46.1 Å². The Morgan fingerprint density at radius 1 is 1.17 bits per heavy atom. The number of hydrogen-bond donors (Lipinski definition) is 1. The number of halogens is 2. The van der Waals surface area contributed by atoms with Crippen molar-refractivity contribution in [2.24, 2.45) is 5.92 Å². The first-order valence-electron chi connectivity index (χ1n) is 6.40. The van der Waals surface area contributed by atoms with Crippen LogP contribution in [0.2, 0.25) is 0 Å². The van der Waals surface area contributed by atoms with Gasteiger partial charge in [0.25, 0.3) is 0 Å². The molecule has 0 aliphatic heterocycles. The lowest BCUT2D eigenvalue weighted by molar-refractivity contribution is 0.355. The highest BCUT2D eigenvalue weighted by molar-refractivity contribution is 5.22. The summed E-state index contributed by atoms with van der Waals surface area (Å²) in [4.78, 5) is 0. The molecule has 0 fully saturated rings. The number of hydrogen-bond acceptors (Lipinski definition) is 1. The molecule has 0 saturated heterocycles. The van der Waals surface area contributed by atoms with E-state index in [1.165, 1.54) is 6.07 Å². The molecular formula is C15H23F2N. The van der Waals surface area contributed by atoms with E-state index >= 15 is 0 Å². The lowest BCUT2D eigenvalue weighted by Crippen LogP contribution is -2.39. The topological polar surface area (TPSA) is 12.0 Å². The molecule has 1 aromatic rings. The van der Waals surface area contributed by atoms with E-state index in [2.05, 4.69) is 33.0 Å². The van der Waals surface area contributed by atoms with Gasteiger partial charge in [-0.2, -0.15) is 0 Å². The second kappa shape index (κ2) is 5.79. The standard InChI is InChI=1S/C15H23F2N/c1-10(9-18-15(3,4)5)11(2)13-7-6-12(16)8-14(13)17/h6-8,10-11,18H,9H2,1-5H3. The van der Waals surface area contributed by atoms with Crippen LogP contribution in [0.1, 0.15) is 46.1 Å². The molecule has 2 unspecified atom stereocenters. The molecule has 0 aromatic heterocycles. The molecule has 102 valence electrons. The molecule has 0 heterocycles. The van der Waals surface area contributed by atoms with Gasteiger partial charge in [-0.15, -0.1) is 0 Å². The molecule has 1 aromatic carbocycles. The van der Waals surface area contributed by atoms with Gasteiger partial charge in [-0.25, -0.2) is 8.78 Å². The maximum atomic E-state index is 13.7. The Morgan fingerprint density at radius 3 is 2.28 bits per heavy atom. The van der Waals surface area contributed by atoms with Crippen molar-refractivity contribution in [1.29, 1.82) is 0 Å². The van der Waals surface area contributed by atoms with E-state index in [1.54, 1.807) is 6.07 Å². The van der Waals surface area contributed by atoms with Crippen LogP contribution in [0.3, 0.4) is 0 Å². The molecule has 18 heavy (non-hydrogen) atoms. The minimum atomic E-state index is -0.524. The molecule has 0 spiro atoms. The Morgan fingerprint density at radius 2 is 1.78 bits per heavy atom. The molecular weight excluding hydrogens is 232 g/mol. The molecule has 0 aliphatic carbocycles. The molecule has 0 radical (unpaired) electrons. The van der Waals surface area contributed by atoms with Crippen molar-refractivity contribution in [3.8, 4) is 0 Å². The summed E-state index contributed by atoms with van der Waals surface area (Å²) in [6.07, 6.45) is 0. The van der Waals surface area contributed by atoms with Gasteiger partial charge in [-0.05, 0) is 50.8 Å². The van der Waals surface area contributed by atoms with Crippen LogP contribution < -0.4 is 5.32 Å². The third-order valence-electron chi connectivity index (χ3n) is 3.26. The average molecular weight is 255 g/mol. The number of rotatable bonds is 4. The lowest BCUT2D eigenvalue weighted by atomic mass is 9.88. The van der Waals surface area contributed by atoms with Gasteiger partial charge in [0, 0.05) is 11.6 Å². The van der Waals surface area contributed by atoms with Crippen molar-refractivity contribution < 1.29 is 8.78 Å². The van der Waals surface area contributed by atoms with Gasteiger partial charge in [0.2, 0.25) is 0 Å². The SMILES string of the molecule is CC(CNC(C)(C)C)C(C)c1ccc(F)cc1F. The Bertz CT molecular complexity index is 396. The molecule has 1 N–H and O–H groups in total. The summed E-state index contributed by atoms with van der Waals surface area (Å²) in [5.41, 5.74) is 0.634. The predicted octanol–water partition coefficient (Wildman–Crippen LogP) is 4.09. The monoisotopic (exact) mass is 255 g/mol. The average Bonchev–Trinajstić information content (AvgIpc) is 2.24. The zero-order valence-corrected chi connectivity index (χ0v) is 11.8. The van der Waals surface area contributed by atoms with Gasteiger partial charge < -0.3 is 5.32 Å². The van der Waals surface area contributed by atoms with Crippen LogP contribution in [0.15, 0.2) is 18.2 Å². The normalized spacial score (nSPS) is 15.5. The van der Waals surface area contributed by atoms with Gasteiger partial charge in [-0.3, -0.25) is 0 Å². The van der Waals surface area contributed by atoms with E-state index in [9.17, 15) is 8.78 Å². The fraction of sp³-hybridized carbons (Fsp3) is 0.600. The first-order valence-corrected chi connectivity index (χ1v) is 6.40. The fourth-order valence-electron chi connectivity index (χ4n) is 1.82. The van der Waals surface area contributed by atoms with Gasteiger partial charge in [0.1, 0.15) is 11.6 Å². The summed E-state index contributed by atoms with van der Waals surface area (Å²) in [7, 11) is 0. The summed E-state index contributed by atoms with van der Waals surface area (Å²) < 4.78 is 26.5. The minimum absolute atomic E-state index is 0.0509. The second-order valence-electron chi connectivity index (χ2n) is 6.06. The van der Waals surface area contributed by atoms with Gasteiger partial charge >= 0.3 is 0 Å². The van der Waals surface area contributed by atoms with E-state index in [1.807, 2.05) is 6.92 Å². The summed E-state index contributed by atoms with van der Waals surface area (Å²) in [6.45, 7) is 11.2. The lowest BCUT2D eigenvalue weighted by Gasteiger charge is -2.27. The third kappa shape index (κ3) is 4.37. The number of benzene rings is 1. The van der Waals surface area contributed by atoms with Crippen LogP contribution in [-0.4, -0.2) is 12.1 Å². The highest BCUT2D eigenvalue weighted by Crippen LogP contribution is 2.26. The predicted molar refractivity (Wildman–Crippen MR) is 71.7 cm³/mol. The first-order chi connectivity index (χ1) is 8.20. The molecule has 0 amide bonds. The molecule has 0 aliphatic rings. The summed E-state index contributed by atoms with van der Waals surface area (Å²) in [5, 5.41) is 3.41. The summed E-state index contributed by atoms with van der Waals surface area (Å²) in [6, 6.07) is 3.82. The highest BCUT2D eigenvalue weighted by Gasteiger charge is 2.20. The van der Waals surface area contributed by atoms with Crippen molar-refractivity contribution in [1.82, 2.24) is 5.32 Å². The van der Waals surface area contributed by atoms with E-state index in [4.69, 9.17) is 0 Å². The van der Waals surface area contributed by atoms with Gasteiger partial charge in [0.15, 0.2) is 0 Å². The van der Waals surface area contributed by atoms with E-state index < -0.39 is 11.6 Å². The maximum absolute atomic E-state index is 13.7. The van der Waals surface area contributed by atoms with Crippen LogP contribution in [0.4, 0.5) is 8.78 Å². The molecule has 3 heteroatoms. The zero-order chi connectivity index (χ0) is 13.9. The maximum Gasteiger partial charge on any atom is 0.129 e. The molecule has 1 nitrogen and oxygen atoms in total. The Hall–Kier alpha value is -0.960. The Kier molecular flexibility index (Phi) is 4.85. The molecule has 2 atom stereocenters. The third-order valence-corrected chi connectivity index (χ3v) is 3.26.